The minimum absolute atomic E-state index is 0.135. The number of nitrogens with zero attached hydrogens (tertiary/aromatic N) is 1. The summed E-state index contributed by atoms with van der Waals surface area (Å²) in [6, 6.07) is 8.67. The zero-order valence-electron chi connectivity index (χ0n) is 15.2. The lowest BCUT2D eigenvalue weighted by atomic mass is 9.59. The van der Waals surface area contributed by atoms with E-state index in [1.54, 1.807) is 0 Å². The lowest BCUT2D eigenvalue weighted by molar-refractivity contribution is -0.172. The van der Waals surface area contributed by atoms with Gasteiger partial charge in [-0.05, 0) is 49.7 Å². The molecule has 1 saturated carbocycles. The summed E-state index contributed by atoms with van der Waals surface area (Å²) in [6.07, 6.45) is 3.61. The summed E-state index contributed by atoms with van der Waals surface area (Å²) in [6.45, 7) is 1.96. The van der Waals surface area contributed by atoms with Crippen LogP contribution in [0.5, 0.6) is 0 Å². The molecule has 0 amide bonds. The number of H-pyrrole nitrogens is 1. The Morgan fingerprint density at radius 3 is 3.00 bits per heavy atom. The molecule has 0 bridgehead atoms. The molecular formula is C21H26N2O3. The van der Waals surface area contributed by atoms with E-state index in [9.17, 15) is 9.90 Å². The summed E-state index contributed by atoms with van der Waals surface area (Å²) in [5, 5.41) is 11.6. The number of aliphatic hydroxyl groups excluding tert-OH is 1. The first-order valence-electron chi connectivity index (χ1n) is 9.72. The SMILES string of the molecule is COC(=O)[C@@]12C[C@@H](O)CCC1CN1CCc3c([nH]c4ccccc34)[C@@H]1C2. The Morgan fingerprint density at radius 1 is 1.31 bits per heavy atom. The molecule has 26 heavy (non-hydrogen) atoms. The van der Waals surface area contributed by atoms with Gasteiger partial charge in [0.05, 0.1) is 24.7 Å². The van der Waals surface area contributed by atoms with Crippen LogP contribution in [0.2, 0.25) is 0 Å². The van der Waals surface area contributed by atoms with E-state index >= 15 is 0 Å². The van der Waals surface area contributed by atoms with Crippen LogP contribution < -0.4 is 0 Å². The molecule has 5 nitrogen and oxygen atoms in total. The summed E-state index contributed by atoms with van der Waals surface area (Å²) in [5.41, 5.74) is 3.28. The maximum atomic E-state index is 12.9. The van der Waals surface area contributed by atoms with Gasteiger partial charge in [0.1, 0.15) is 0 Å². The van der Waals surface area contributed by atoms with Crippen LogP contribution in [0, 0.1) is 11.3 Å². The standard InChI is InChI=1S/C21H26N2O3/c1-26-20(25)21-10-14(24)7-6-13(21)12-23-9-8-16-15-4-2-3-5-17(15)22-19(16)18(23)11-21/h2-5,13-14,18,22,24H,6-12H2,1H3/t13?,14-,18-,21+/m0/s1. The number of carbonyl (C=O) groups is 1. The van der Waals surface area contributed by atoms with Crippen molar-refractivity contribution >= 4 is 16.9 Å². The third-order valence-electron chi connectivity index (χ3n) is 7.10. The van der Waals surface area contributed by atoms with Crippen LogP contribution in [0.4, 0.5) is 0 Å². The number of ether oxygens (including phenoxy) is 1. The van der Waals surface area contributed by atoms with Gasteiger partial charge in [-0.3, -0.25) is 9.69 Å². The smallest absolute Gasteiger partial charge is 0.312 e. The van der Waals surface area contributed by atoms with Crippen LogP contribution in [0.1, 0.15) is 43.0 Å². The van der Waals surface area contributed by atoms with Gasteiger partial charge >= 0.3 is 5.97 Å². The minimum Gasteiger partial charge on any atom is -0.469 e. The average molecular weight is 354 g/mol. The topological polar surface area (TPSA) is 65.6 Å². The second kappa shape index (κ2) is 5.83. The Balaban J connectivity index is 1.59. The molecule has 1 unspecified atom stereocenters. The number of aliphatic hydroxyl groups is 1. The molecule has 5 rings (SSSR count). The van der Waals surface area contributed by atoms with Gasteiger partial charge in [-0.25, -0.2) is 0 Å². The molecule has 0 radical (unpaired) electrons. The Kier molecular flexibility index (Phi) is 3.66. The number of hydrogen-bond acceptors (Lipinski definition) is 4. The van der Waals surface area contributed by atoms with Gasteiger partial charge in [0.2, 0.25) is 0 Å². The van der Waals surface area contributed by atoms with Crippen LogP contribution in [0.15, 0.2) is 24.3 Å². The molecule has 1 aromatic heterocycles. The molecule has 1 aliphatic carbocycles. The van der Waals surface area contributed by atoms with E-state index in [0.29, 0.717) is 6.42 Å². The molecule has 2 aromatic rings. The minimum atomic E-state index is -0.556. The predicted octanol–water partition coefficient (Wildman–Crippen LogP) is 2.79. The summed E-state index contributed by atoms with van der Waals surface area (Å²) >= 11 is 0. The molecule has 0 spiro atoms. The van der Waals surface area contributed by atoms with Gasteiger partial charge in [0.25, 0.3) is 0 Å². The molecule has 3 aliphatic rings. The number of carbonyl (C=O) groups excluding carboxylic acids is 1. The second-order valence-corrected chi connectivity index (χ2v) is 8.31. The normalized spacial score (nSPS) is 34.0. The van der Waals surface area contributed by atoms with Crippen LogP contribution in [-0.4, -0.2) is 47.3 Å². The number of aromatic nitrogens is 1. The van der Waals surface area contributed by atoms with E-state index in [1.165, 1.54) is 29.3 Å². The van der Waals surface area contributed by atoms with E-state index < -0.39 is 11.5 Å². The summed E-state index contributed by atoms with van der Waals surface area (Å²) in [4.78, 5) is 19.0. The number of piperidine rings is 1. The molecule has 138 valence electrons. The number of methoxy groups -OCH3 is 1. The van der Waals surface area contributed by atoms with Crippen molar-refractivity contribution in [2.45, 2.75) is 44.2 Å². The highest BCUT2D eigenvalue weighted by Crippen LogP contribution is 2.54. The fourth-order valence-corrected chi connectivity index (χ4v) is 5.86. The van der Waals surface area contributed by atoms with E-state index in [0.717, 1.165) is 38.8 Å². The molecule has 4 atom stereocenters. The Bertz CT molecular complexity index is 860. The van der Waals surface area contributed by atoms with E-state index in [1.807, 2.05) is 0 Å². The molecule has 2 fully saturated rings. The summed E-state index contributed by atoms with van der Waals surface area (Å²) in [5.74, 6) is 0.143. The van der Waals surface area contributed by atoms with Gasteiger partial charge in [0.15, 0.2) is 0 Å². The Labute approximate surface area is 153 Å². The molecule has 2 aliphatic heterocycles. The van der Waals surface area contributed by atoms with Gasteiger partial charge in [-0.1, -0.05) is 18.2 Å². The monoisotopic (exact) mass is 354 g/mol. The maximum Gasteiger partial charge on any atom is 0.312 e. The predicted molar refractivity (Wildman–Crippen MR) is 98.7 cm³/mol. The number of aromatic amines is 1. The van der Waals surface area contributed by atoms with Crippen LogP contribution in [0.25, 0.3) is 10.9 Å². The Morgan fingerprint density at radius 2 is 2.15 bits per heavy atom. The maximum absolute atomic E-state index is 12.9. The Hall–Kier alpha value is -1.85. The third kappa shape index (κ3) is 2.20. The van der Waals surface area contributed by atoms with E-state index in [4.69, 9.17) is 4.74 Å². The zero-order valence-corrected chi connectivity index (χ0v) is 15.2. The number of nitrogens with one attached hydrogen (secondary N) is 1. The largest absolute Gasteiger partial charge is 0.469 e. The number of esters is 1. The van der Waals surface area contributed by atoms with Crippen molar-refractivity contribution in [2.75, 3.05) is 20.2 Å². The molecule has 3 heterocycles. The summed E-state index contributed by atoms with van der Waals surface area (Å²) < 4.78 is 5.25. The van der Waals surface area contributed by atoms with Crippen LogP contribution in [-0.2, 0) is 16.0 Å². The molecular weight excluding hydrogens is 328 g/mol. The average Bonchev–Trinajstić information content (AvgIpc) is 3.05. The fraction of sp³-hybridized carbons (Fsp3) is 0.571. The first kappa shape index (κ1) is 16.3. The number of hydrogen-bond donors (Lipinski definition) is 2. The van der Waals surface area contributed by atoms with E-state index in [-0.39, 0.29) is 17.9 Å². The van der Waals surface area contributed by atoms with Gasteiger partial charge < -0.3 is 14.8 Å². The van der Waals surface area contributed by atoms with Crippen LogP contribution >= 0.6 is 0 Å². The zero-order chi connectivity index (χ0) is 17.9. The molecule has 2 N–H and O–H groups in total. The summed E-state index contributed by atoms with van der Waals surface area (Å²) in [7, 11) is 1.48. The number of benzene rings is 1. The van der Waals surface area contributed by atoms with Crippen molar-refractivity contribution in [1.82, 2.24) is 9.88 Å². The molecule has 1 saturated heterocycles. The molecule has 1 aromatic carbocycles. The van der Waals surface area contributed by atoms with Gasteiger partial charge in [-0.2, -0.15) is 0 Å². The lowest BCUT2D eigenvalue weighted by Crippen LogP contribution is -2.57. The van der Waals surface area contributed by atoms with Crippen molar-refractivity contribution in [3.05, 3.63) is 35.5 Å². The van der Waals surface area contributed by atoms with Gasteiger partial charge in [0, 0.05) is 29.7 Å². The van der Waals surface area contributed by atoms with Crippen molar-refractivity contribution in [3.63, 3.8) is 0 Å². The van der Waals surface area contributed by atoms with Crippen molar-refractivity contribution in [3.8, 4) is 0 Å². The molecule has 5 heteroatoms. The highest BCUT2D eigenvalue weighted by atomic mass is 16.5. The quantitative estimate of drug-likeness (QED) is 0.773. The van der Waals surface area contributed by atoms with Crippen molar-refractivity contribution in [2.24, 2.45) is 11.3 Å². The first-order valence-corrected chi connectivity index (χ1v) is 9.72. The van der Waals surface area contributed by atoms with Gasteiger partial charge in [-0.15, -0.1) is 0 Å². The fourth-order valence-electron chi connectivity index (χ4n) is 5.86. The first-order chi connectivity index (χ1) is 12.6. The number of fused-ring (bicyclic) bond motifs is 6. The number of rotatable bonds is 1. The highest BCUT2D eigenvalue weighted by Gasteiger charge is 2.56. The highest BCUT2D eigenvalue weighted by molar-refractivity contribution is 5.85. The lowest BCUT2D eigenvalue weighted by Gasteiger charge is -2.54. The van der Waals surface area contributed by atoms with Crippen molar-refractivity contribution < 1.29 is 14.6 Å². The van der Waals surface area contributed by atoms with Crippen LogP contribution in [0.3, 0.4) is 0 Å². The van der Waals surface area contributed by atoms with E-state index in [2.05, 4.69) is 34.1 Å². The number of para-hydroxylation sites is 1. The van der Waals surface area contributed by atoms with Crippen molar-refractivity contribution in [1.29, 1.82) is 0 Å². The third-order valence-corrected chi connectivity index (χ3v) is 7.10. The second-order valence-electron chi connectivity index (χ2n) is 8.31.